The first-order chi connectivity index (χ1) is 22.0. The number of amides is 1. The van der Waals surface area contributed by atoms with E-state index in [4.69, 9.17) is 14.3 Å². The number of carbonyl (C=O) groups excluding carboxylic acids is 2. The fourth-order valence-electron chi connectivity index (χ4n) is 5.27. The molecule has 0 aliphatic carbocycles. The molecule has 0 aromatic carbocycles. The SMILES string of the molecule is CCCc1onc(C)c1C(=O)N1CCN(c2ccc(-c3cc(-c4cnn(C)c4)cn4ncc(C#N)c34)cn2)CC1.O=CC(F)(F)F. The summed E-state index contributed by atoms with van der Waals surface area (Å²) in [5.74, 6) is 1.50. The van der Waals surface area contributed by atoms with Gasteiger partial charge in [-0.1, -0.05) is 12.1 Å². The van der Waals surface area contributed by atoms with Crippen molar-refractivity contribution in [3.05, 3.63) is 71.8 Å². The van der Waals surface area contributed by atoms with E-state index in [9.17, 15) is 23.2 Å². The van der Waals surface area contributed by atoms with Crippen LogP contribution in [0.15, 0.2) is 53.7 Å². The van der Waals surface area contributed by atoms with Crippen LogP contribution in [0.1, 0.15) is 40.7 Å². The molecule has 0 saturated carbocycles. The van der Waals surface area contributed by atoms with Gasteiger partial charge in [0.15, 0.2) is 0 Å². The Hall–Kier alpha value is -5.52. The quantitative estimate of drug-likeness (QED) is 0.245. The molecule has 46 heavy (non-hydrogen) atoms. The third-order valence-corrected chi connectivity index (χ3v) is 7.48. The first kappa shape index (κ1) is 31.9. The van der Waals surface area contributed by atoms with Gasteiger partial charge in [0.25, 0.3) is 5.91 Å². The number of piperazine rings is 1. The molecule has 15 heteroatoms. The van der Waals surface area contributed by atoms with Crippen molar-refractivity contribution in [2.45, 2.75) is 32.9 Å². The number of nitriles is 1. The predicted octanol–water partition coefficient (Wildman–Crippen LogP) is 4.63. The summed E-state index contributed by atoms with van der Waals surface area (Å²) in [6.45, 7) is 6.41. The van der Waals surface area contributed by atoms with Gasteiger partial charge >= 0.3 is 6.18 Å². The normalized spacial score (nSPS) is 13.3. The van der Waals surface area contributed by atoms with Gasteiger partial charge in [-0.05, 0) is 31.5 Å². The highest BCUT2D eigenvalue weighted by Gasteiger charge is 2.28. The third-order valence-electron chi connectivity index (χ3n) is 7.48. The van der Waals surface area contributed by atoms with Crippen LogP contribution in [0.5, 0.6) is 0 Å². The number of anilines is 1. The highest BCUT2D eigenvalue weighted by atomic mass is 19.4. The Morgan fingerprint density at radius 3 is 2.39 bits per heavy atom. The Labute approximate surface area is 261 Å². The second-order valence-corrected chi connectivity index (χ2v) is 10.7. The summed E-state index contributed by atoms with van der Waals surface area (Å²) in [5.41, 5.74) is 6.15. The number of aromatic nitrogens is 6. The van der Waals surface area contributed by atoms with E-state index in [1.807, 2.05) is 49.6 Å². The van der Waals surface area contributed by atoms with E-state index in [2.05, 4.69) is 39.3 Å². The topological polar surface area (TPSA) is 138 Å². The van der Waals surface area contributed by atoms with Crippen molar-refractivity contribution in [1.29, 1.82) is 5.26 Å². The van der Waals surface area contributed by atoms with Crippen molar-refractivity contribution in [2.24, 2.45) is 7.05 Å². The molecule has 6 rings (SSSR count). The summed E-state index contributed by atoms with van der Waals surface area (Å²) in [6.07, 6.45) is 4.97. The van der Waals surface area contributed by atoms with Crippen molar-refractivity contribution < 1.29 is 27.3 Å². The van der Waals surface area contributed by atoms with Crippen molar-refractivity contribution in [2.75, 3.05) is 31.1 Å². The van der Waals surface area contributed by atoms with E-state index in [1.165, 1.54) is 0 Å². The lowest BCUT2D eigenvalue weighted by atomic mass is 10.0. The van der Waals surface area contributed by atoms with Gasteiger partial charge in [-0.2, -0.15) is 28.6 Å². The van der Waals surface area contributed by atoms with Gasteiger partial charge in [-0.15, -0.1) is 0 Å². The van der Waals surface area contributed by atoms with Crippen molar-refractivity contribution in [3.63, 3.8) is 0 Å². The van der Waals surface area contributed by atoms with Crippen LogP contribution < -0.4 is 4.90 Å². The summed E-state index contributed by atoms with van der Waals surface area (Å²) < 4.78 is 40.2. The fourth-order valence-corrected chi connectivity index (χ4v) is 5.27. The molecule has 0 spiro atoms. The smallest absolute Gasteiger partial charge is 0.360 e. The summed E-state index contributed by atoms with van der Waals surface area (Å²) in [6, 6.07) is 8.32. The van der Waals surface area contributed by atoms with E-state index in [1.54, 1.807) is 21.6 Å². The lowest BCUT2D eigenvalue weighted by Gasteiger charge is -2.35. The zero-order chi connectivity index (χ0) is 33.0. The monoisotopic (exact) mass is 633 g/mol. The Bertz CT molecular complexity index is 1890. The van der Waals surface area contributed by atoms with Gasteiger partial charge in [0, 0.05) is 80.5 Å². The standard InChI is InChI=1S/C29H29N9O2.C2HF3O/c1-4-5-25-27(19(2)34-40-25)29(39)37-10-8-36(9-11-37)26-7-6-20(14-31-26)24-12-21(23-16-32-35(3)17-23)18-38-28(24)22(13-30)15-33-38;3-2(4,5)1-6/h6-7,12,14-18H,4-5,8-11H2,1-3H3;1H. The van der Waals surface area contributed by atoms with Crippen LogP contribution in [-0.4, -0.2) is 79.0 Å². The zero-order valence-corrected chi connectivity index (χ0v) is 25.3. The van der Waals surface area contributed by atoms with Gasteiger partial charge in [0.1, 0.15) is 23.2 Å². The second-order valence-electron chi connectivity index (χ2n) is 10.7. The minimum atomic E-state index is -4.64. The van der Waals surface area contributed by atoms with E-state index in [0.717, 1.165) is 40.0 Å². The Morgan fingerprint density at radius 2 is 1.80 bits per heavy atom. The molecule has 5 aromatic heterocycles. The maximum absolute atomic E-state index is 13.2. The van der Waals surface area contributed by atoms with Crippen LogP contribution in [0.3, 0.4) is 0 Å². The van der Waals surface area contributed by atoms with Gasteiger partial charge < -0.3 is 14.3 Å². The minimum Gasteiger partial charge on any atom is -0.360 e. The molecule has 5 aromatic rings. The second kappa shape index (κ2) is 13.2. The molecule has 1 amide bonds. The van der Waals surface area contributed by atoms with Crippen molar-refractivity contribution in [1.82, 2.24) is 34.4 Å². The molecule has 1 aliphatic heterocycles. The molecule has 1 aliphatic rings. The Kier molecular flexibility index (Phi) is 9.17. The number of hydrogen-bond donors (Lipinski definition) is 0. The van der Waals surface area contributed by atoms with Crippen LogP contribution in [-0.2, 0) is 18.3 Å². The van der Waals surface area contributed by atoms with Crippen LogP contribution in [0, 0.1) is 18.3 Å². The Balaban J connectivity index is 0.000000635. The molecule has 0 atom stereocenters. The summed E-state index contributed by atoms with van der Waals surface area (Å²) >= 11 is 0. The number of fused-ring (bicyclic) bond motifs is 1. The van der Waals surface area contributed by atoms with E-state index >= 15 is 0 Å². The molecule has 6 heterocycles. The van der Waals surface area contributed by atoms with Crippen LogP contribution in [0.4, 0.5) is 19.0 Å². The highest BCUT2D eigenvalue weighted by molar-refractivity contribution is 5.96. The maximum Gasteiger partial charge on any atom is 0.446 e. The number of alkyl halides is 3. The van der Waals surface area contributed by atoms with Gasteiger partial charge in [0.05, 0.1) is 29.2 Å². The summed E-state index contributed by atoms with van der Waals surface area (Å²) in [4.78, 5) is 30.8. The first-order valence-corrected chi connectivity index (χ1v) is 14.4. The largest absolute Gasteiger partial charge is 0.446 e. The van der Waals surface area contributed by atoms with E-state index < -0.39 is 12.5 Å². The molecule has 12 nitrogen and oxygen atoms in total. The number of hydrogen-bond acceptors (Lipinski definition) is 9. The van der Waals surface area contributed by atoms with Crippen molar-refractivity contribution >= 4 is 23.5 Å². The lowest BCUT2D eigenvalue weighted by molar-refractivity contribution is -0.156. The average Bonchev–Trinajstić information content (AvgIpc) is 3.78. The van der Waals surface area contributed by atoms with Crippen LogP contribution >= 0.6 is 0 Å². The third kappa shape index (κ3) is 6.75. The molecular weight excluding hydrogens is 603 g/mol. The number of aldehydes is 1. The minimum absolute atomic E-state index is 0.0169. The number of aryl methyl sites for hydroxylation is 3. The lowest BCUT2D eigenvalue weighted by Crippen LogP contribution is -2.49. The van der Waals surface area contributed by atoms with Crippen LogP contribution in [0.25, 0.3) is 27.8 Å². The number of nitrogens with zero attached hydrogens (tertiary/aromatic N) is 9. The summed E-state index contributed by atoms with van der Waals surface area (Å²) in [5, 5.41) is 22.4. The molecule has 0 radical (unpaired) electrons. The number of rotatable bonds is 6. The Morgan fingerprint density at radius 1 is 1.07 bits per heavy atom. The number of halogens is 3. The van der Waals surface area contributed by atoms with Gasteiger partial charge in [-0.3, -0.25) is 14.3 Å². The first-order valence-electron chi connectivity index (χ1n) is 14.4. The van der Waals surface area contributed by atoms with E-state index in [-0.39, 0.29) is 5.91 Å². The molecule has 1 fully saturated rings. The molecule has 238 valence electrons. The molecule has 0 unspecified atom stereocenters. The number of carbonyl (C=O) groups is 2. The molecule has 1 saturated heterocycles. The van der Waals surface area contributed by atoms with Crippen LogP contribution in [0.2, 0.25) is 0 Å². The predicted molar refractivity (Wildman–Crippen MR) is 161 cm³/mol. The van der Waals surface area contributed by atoms with Gasteiger partial charge in [-0.25, -0.2) is 9.50 Å². The highest BCUT2D eigenvalue weighted by Crippen LogP contribution is 2.32. The average molecular weight is 634 g/mol. The summed E-state index contributed by atoms with van der Waals surface area (Å²) in [7, 11) is 1.88. The maximum atomic E-state index is 13.2. The molecule has 0 N–H and O–H groups in total. The molecule has 0 bridgehead atoms. The fraction of sp³-hybridized carbons (Fsp3) is 0.323. The zero-order valence-electron chi connectivity index (χ0n) is 25.3. The molecular formula is C31H30F3N9O3. The number of pyridine rings is 2. The van der Waals surface area contributed by atoms with Gasteiger partial charge in [0.2, 0.25) is 6.29 Å². The van der Waals surface area contributed by atoms with Crippen molar-refractivity contribution in [3.8, 4) is 28.3 Å². The van der Waals surface area contributed by atoms with E-state index in [0.29, 0.717) is 55.2 Å².